The highest BCUT2D eigenvalue weighted by atomic mass is 19.3. The van der Waals surface area contributed by atoms with Crippen LogP contribution in [0.25, 0.3) is 17.5 Å². The lowest BCUT2D eigenvalue weighted by Crippen LogP contribution is -2.24. The molecule has 1 aliphatic heterocycles. The monoisotopic (exact) mass is 653 g/mol. The number of aryl methyl sites for hydroxylation is 1. The van der Waals surface area contributed by atoms with Crippen LogP contribution in [0.2, 0.25) is 0 Å². The van der Waals surface area contributed by atoms with E-state index in [1.165, 1.54) is 42.0 Å². The highest BCUT2D eigenvalue weighted by Crippen LogP contribution is 2.32. The van der Waals surface area contributed by atoms with Gasteiger partial charge in [-0.15, -0.1) is 0 Å². The summed E-state index contributed by atoms with van der Waals surface area (Å²) in [6.45, 7) is 21.3. The molecular weight excluding hydrogens is 592 g/mol. The van der Waals surface area contributed by atoms with Crippen LogP contribution in [0, 0.1) is 18.8 Å². The standard InChI is InChI=1S/C22H25N5.C11H22F2.C4H10.C2H4O/c1-15(2)10-17-4-5-18(11-16(17)3)22-23-8-6-21(26-22)27-9-7-19(14-27)20-12-24-25-13-20;1-5-9(3)7-8-10(6-2)11(4,12)13;1-3-4-2;1-2-3/h4-6,8,10-13,19H,7,9,14H2,1-3H3,(H,24,25);9-10H,5-8H2,1-4H3;3-4H2,1-2H3;2H,1H3. The fourth-order valence-corrected chi connectivity index (χ4v) is 5.18. The summed E-state index contributed by atoms with van der Waals surface area (Å²) in [5.74, 6) is -0.0591. The topological polar surface area (TPSA) is 74.8 Å². The van der Waals surface area contributed by atoms with Crippen molar-refractivity contribution in [2.75, 3.05) is 18.0 Å². The summed E-state index contributed by atoms with van der Waals surface area (Å²) in [4.78, 5) is 20.5. The first-order valence-electron chi connectivity index (χ1n) is 17.4. The lowest BCUT2D eigenvalue weighted by Gasteiger charge is -2.23. The number of aromatic amines is 1. The molecule has 0 saturated carbocycles. The Labute approximate surface area is 283 Å². The molecular formula is C39H61F2N5O. The zero-order chi connectivity index (χ0) is 35.4. The van der Waals surface area contributed by atoms with Crippen LogP contribution in [0.3, 0.4) is 0 Å². The Morgan fingerprint density at radius 3 is 2.30 bits per heavy atom. The molecule has 0 aliphatic carbocycles. The number of nitrogens with one attached hydrogen (secondary N) is 1. The Bertz CT molecular complexity index is 1300. The van der Waals surface area contributed by atoms with Gasteiger partial charge in [-0.2, -0.15) is 5.10 Å². The van der Waals surface area contributed by atoms with Crippen LogP contribution in [0.4, 0.5) is 14.6 Å². The van der Waals surface area contributed by atoms with E-state index in [-0.39, 0.29) is 0 Å². The number of H-pyrrole nitrogens is 1. The van der Waals surface area contributed by atoms with E-state index in [9.17, 15) is 8.78 Å². The molecule has 2 aromatic heterocycles. The number of rotatable bonds is 11. The molecule has 0 radical (unpaired) electrons. The van der Waals surface area contributed by atoms with E-state index in [1.54, 1.807) is 0 Å². The van der Waals surface area contributed by atoms with Crippen molar-refractivity contribution in [1.29, 1.82) is 0 Å². The van der Waals surface area contributed by atoms with Crippen LogP contribution in [0.5, 0.6) is 0 Å². The van der Waals surface area contributed by atoms with Crippen molar-refractivity contribution in [1.82, 2.24) is 20.2 Å². The second-order valence-corrected chi connectivity index (χ2v) is 12.9. The molecule has 8 heteroatoms. The van der Waals surface area contributed by atoms with Gasteiger partial charge in [0.1, 0.15) is 12.1 Å². The molecule has 262 valence electrons. The van der Waals surface area contributed by atoms with Crippen molar-refractivity contribution in [2.45, 2.75) is 126 Å². The average molecular weight is 654 g/mol. The first-order valence-corrected chi connectivity index (χ1v) is 17.4. The summed E-state index contributed by atoms with van der Waals surface area (Å²) in [6, 6.07) is 8.44. The number of carbonyl (C=O) groups excluding carboxylic acids is 1. The molecule has 1 saturated heterocycles. The van der Waals surface area contributed by atoms with Gasteiger partial charge < -0.3 is 9.69 Å². The summed E-state index contributed by atoms with van der Waals surface area (Å²) in [5.41, 5.74) is 6.12. The maximum atomic E-state index is 12.9. The molecule has 0 spiro atoms. The molecule has 1 aromatic carbocycles. The van der Waals surface area contributed by atoms with E-state index in [2.05, 4.69) is 92.8 Å². The predicted octanol–water partition coefficient (Wildman–Crippen LogP) is 11.1. The summed E-state index contributed by atoms with van der Waals surface area (Å²) >= 11 is 0. The fourth-order valence-electron chi connectivity index (χ4n) is 5.18. The molecule has 1 aliphatic rings. The largest absolute Gasteiger partial charge is 0.356 e. The molecule has 3 heterocycles. The van der Waals surface area contributed by atoms with Gasteiger partial charge in [0, 0.05) is 42.9 Å². The quantitative estimate of drug-likeness (QED) is 0.208. The number of halogens is 2. The highest BCUT2D eigenvalue weighted by molar-refractivity contribution is 5.64. The van der Waals surface area contributed by atoms with E-state index in [1.807, 2.05) is 31.6 Å². The number of benzene rings is 1. The molecule has 1 N–H and O–H groups in total. The van der Waals surface area contributed by atoms with Crippen molar-refractivity contribution in [3.63, 3.8) is 0 Å². The highest BCUT2D eigenvalue weighted by Gasteiger charge is 2.32. The van der Waals surface area contributed by atoms with E-state index in [4.69, 9.17) is 9.78 Å². The SMILES string of the molecule is CC(C)=Cc1ccc(-c2nccc(N3CCC(c4cn[nH]c4)C3)n2)cc1C.CC=O.CCC(C)CCC(CC)C(C)(F)F.CCCC. The van der Waals surface area contributed by atoms with E-state index >= 15 is 0 Å². The van der Waals surface area contributed by atoms with Gasteiger partial charge in [0.2, 0.25) is 5.92 Å². The van der Waals surface area contributed by atoms with Gasteiger partial charge in [-0.3, -0.25) is 5.10 Å². The first kappa shape index (κ1) is 41.6. The third-order valence-corrected chi connectivity index (χ3v) is 8.53. The maximum Gasteiger partial charge on any atom is 0.248 e. The van der Waals surface area contributed by atoms with Crippen LogP contribution in [-0.2, 0) is 4.79 Å². The third kappa shape index (κ3) is 15.4. The number of allylic oxidation sites excluding steroid dienone is 1. The summed E-state index contributed by atoms with van der Waals surface area (Å²) in [7, 11) is 0. The van der Waals surface area contributed by atoms with Gasteiger partial charge in [-0.1, -0.05) is 84.1 Å². The van der Waals surface area contributed by atoms with E-state index in [0.717, 1.165) is 62.8 Å². The summed E-state index contributed by atoms with van der Waals surface area (Å²) < 4.78 is 25.9. The first-order chi connectivity index (χ1) is 22.3. The van der Waals surface area contributed by atoms with Gasteiger partial charge >= 0.3 is 0 Å². The van der Waals surface area contributed by atoms with Crippen LogP contribution in [0.1, 0.15) is 130 Å². The minimum absolute atomic E-state index is 0.429. The van der Waals surface area contributed by atoms with Crippen LogP contribution in [0.15, 0.2) is 48.4 Å². The Hall–Kier alpha value is -3.42. The number of carbonyl (C=O) groups is 1. The van der Waals surface area contributed by atoms with Crippen molar-refractivity contribution < 1.29 is 13.6 Å². The Balaban J connectivity index is 0.000000463. The van der Waals surface area contributed by atoms with Crippen LogP contribution < -0.4 is 4.90 Å². The Morgan fingerprint density at radius 1 is 1.11 bits per heavy atom. The summed E-state index contributed by atoms with van der Waals surface area (Å²) in [6.07, 6.45) is 15.8. The smallest absolute Gasteiger partial charge is 0.248 e. The number of nitrogens with zero attached hydrogens (tertiary/aromatic N) is 4. The molecule has 4 rings (SSSR count). The van der Waals surface area contributed by atoms with E-state index < -0.39 is 11.8 Å². The zero-order valence-corrected chi connectivity index (χ0v) is 30.7. The number of hydrogen-bond donors (Lipinski definition) is 1. The van der Waals surface area contributed by atoms with Gasteiger partial charge in [0.25, 0.3) is 0 Å². The molecule has 0 amide bonds. The van der Waals surface area contributed by atoms with Gasteiger partial charge in [0.05, 0.1) is 6.20 Å². The minimum atomic E-state index is -2.50. The molecule has 1 fully saturated rings. The second kappa shape index (κ2) is 22.2. The molecule has 6 nitrogen and oxygen atoms in total. The third-order valence-electron chi connectivity index (χ3n) is 8.53. The zero-order valence-electron chi connectivity index (χ0n) is 30.7. The van der Waals surface area contributed by atoms with Crippen molar-refractivity contribution in [3.8, 4) is 11.4 Å². The lowest BCUT2D eigenvalue weighted by molar-refractivity contribution is -0.106. The molecule has 0 bridgehead atoms. The van der Waals surface area contributed by atoms with Gasteiger partial charge in [-0.05, 0) is 88.6 Å². The normalized spacial score (nSPS) is 15.1. The number of hydrogen-bond acceptors (Lipinski definition) is 5. The molecule has 3 unspecified atom stereocenters. The van der Waals surface area contributed by atoms with Crippen LogP contribution in [-0.4, -0.2) is 45.5 Å². The number of unbranched alkanes of at least 4 members (excludes halogenated alkanes) is 1. The van der Waals surface area contributed by atoms with E-state index in [0.29, 0.717) is 24.7 Å². The number of alkyl halides is 2. The van der Waals surface area contributed by atoms with Crippen molar-refractivity contribution in [2.24, 2.45) is 11.8 Å². The Kier molecular flexibility index (Phi) is 19.7. The lowest BCUT2D eigenvalue weighted by atomic mass is 9.90. The van der Waals surface area contributed by atoms with Crippen molar-refractivity contribution >= 4 is 18.2 Å². The molecule has 3 atom stereocenters. The second-order valence-electron chi connectivity index (χ2n) is 12.9. The number of aromatic nitrogens is 4. The fraction of sp³-hybridized carbons (Fsp3) is 0.590. The molecule has 3 aromatic rings. The number of aldehydes is 1. The van der Waals surface area contributed by atoms with Crippen LogP contribution >= 0.6 is 0 Å². The summed E-state index contributed by atoms with van der Waals surface area (Å²) in [5, 5.41) is 6.99. The maximum absolute atomic E-state index is 12.9. The predicted molar refractivity (Wildman–Crippen MR) is 195 cm³/mol. The van der Waals surface area contributed by atoms with Crippen molar-refractivity contribution in [3.05, 3.63) is 65.1 Å². The van der Waals surface area contributed by atoms with Gasteiger partial charge in [-0.25, -0.2) is 18.7 Å². The average Bonchev–Trinajstić information content (AvgIpc) is 3.75. The minimum Gasteiger partial charge on any atom is -0.356 e. The van der Waals surface area contributed by atoms with Gasteiger partial charge in [0.15, 0.2) is 5.82 Å². The molecule has 47 heavy (non-hydrogen) atoms. The number of anilines is 1. The Morgan fingerprint density at radius 2 is 1.79 bits per heavy atom.